The number of rotatable bonds is 12. The number of anilines is 1. The van der Waals surface area contributed by atoms with Crippen molar-refractivity contribution in [1.29, 1.82) is 0 Å². The van der Waals surface area contributed by atoms with Crippen molar-refractivity contribution in [3.8, 4) is 0 Å². The van der Waals surface area contributed by atoms with Crippen molar-refractivity contribution >= 4 is 54.8 Å². The van der Waals surface area contributed by atoms with E-state index in [0.29, 0.717) is 36.6 Å². The van der Waals surface area contributed by atoms with E-state index in [4.69, 9.17) is 5.11 Å². The molecule has 27 heavy (non-hydrogen) atoms. The van der Waals surface area contributed by atoms with Crippen molar-refractivity contribution in [2.75, 3.05) is 41.8 Å². The van der Waals surface area contributed by atoms with E-state index in [1.807, 2.05) is 0 Å². The lowest BCUT2D eigenvalue weighted by molar-refractivity contribution is -0.394. The molecule has 0 aliphatic rings. The topological polar surface area (TPSA) is 139 Å². The van der Waals surface area contributed by atoms with E-state index in [9.17, 15) is 25.0 Å². The molecule has 0 saturated carbocycles. The van der Waals surface area contributed by atoms with Crippen molar-refractivity contribution in [1.82, 2.24) is 5.32 Å². The fraction of sp³-hybridized carbons (Fsp3) is 0.533. The van der Waals surface area contributed by atoms with Crippen LogP contribution in [0, 0.1) is 20.2 Å². The van der Waals surface area contributed by atoms with E-state index in [-0.39, 0.29) is 18.8 Å². The molecule has 0 radical (unpaired) electrons. The van der Waals surface area contributed by atoms with Crippen LogP contribution in [0.5, 0.6) is 0 Å². The summed E-state index contributed by atoms with van der Waals surface area (Å²) >= 11 is 6.56. The molecule has 0 fully saturated rings. The largest absolute Gasteiger partial charge is 0.396 e. The van der Waals surface area contributed by atoms with Gasteiger partial charge in [0.2, 0.25) is 0 Å². The van der Waals surface area contributed by atoms with Gasteiger partial charge in [0, 0.05) is 43.0 Å². The van der Waals surface area contributed by atoms with Crippen LogP contribution in [-0.2, 0) is 0 Å². The predicted molar refractivity (Wildman–Crippen MR) is 108 cm³/mol. The first-order chi connectivity index (χ1) is 12.9. The third-order valence-electron chi connectivity index (χ3n) is 3.66. The van der Waals surface area contributed by atoms with Gasteiger partial charge in [-0.25, -0.2) is 0 Å². The zero-order valence-electron chi connectivity index (χ0n) is 14.4. The lowest BCUT2D eigenvalue weighted by atomic mass is 10.1. The van der Waals surface area contributed by atoms with Gasteiger partial charge in [-0.05, 0) is 18.9 Å². The molecule has 0 saturated heterocycles. The molecule has 0 bridgehead atoms. The summed E-state index contributed by atoms with van der Waals surface area (Å²) in [7, 11) is 0. The average Bonchev–Trinajstić information content (AvgIpc) is 2.63. The summed E-state index contributed by atoms with van der Waals surface area (Å²) in [5.41, 5.74) is -1.64. The molecule has 0 heterocycles. The first-order valence-electron chi connectivity index (χ1n) is 8.10. The van der Waals surface area contributed by atoms with E-state index < -0.39 is 32.7 Å². The summed E-state index contributed by atoms with van der Waals surface area (Å²) in [5, 5.41) is 35.4. The number of carbonyl (C=O) groups is 1. The lowest BCUT2D eigenvalue weighted by Crippen LogP contribution is -2.30. The van der Waals surface area contributed by atoms with Crippen molar-refractivity contribution < 1.29 is 19.7 Å². The number of nitro groups is 2. The number of aliphatic hydroxyl groups excluding tert-OH is 1. The Kier molecular flexibility index (Phi) is 10.2. The molecule has 0 spiro atoms. The summed E-state index contributed by atoms with van der Waals surface area (Å²) in [5.74, 6) is -0.883. The fourth-order valence-electron chi connectivity index (χ4n) is 2.47. The Morgan fingerprint density at radius 3 is 2.22 bits per heavy atom. The number of amides is 1. The number of hydrogen-bond donors (Lipinski definition) is 2. The number of carbonyl (C=O) groups excluding carboxylic acids is 1. The van der Waals surface area contributed by atoms with E-state index in [2.05, 4.69) is 37.2 Å². The minimum absolute atomic E-state index is 0.0559. The minimum Gasteiger partial charge on any atom is -0.396 e. The standard InChI is InChI=1S/C15H20Br2N4O6/c16-5-8-19(9-6-17)12-4-3-11(20(24)25)13(14(12)21(26)27)15(23)18-7-1-2-10-22/h3-4,22H,1-2,5-10H2,(H,18,23). The molecule has 0 aliphatic carbocycles. The number of alkyl halides is 2. The normalized spacial score (nSPS) is 10.5. The van der Waals surface area contributed by atoms with E-state index in [1.54, 1.807) is 4.90 Å². The molecule has 12 heteroatoms. The van der Waals surface area contributed by atoms with Crippen LogP contribution >= 0.6 is 31.9 Å². The van der Waals surface area contributed by atoms with Crippen LogP contribution in [0.4, 0.5) is 17.1 Å². The average molecular weight is 512 g/mol. The maximum Gasteiger partial charge on any atom is 0.312 e. The zero-order valence-corrected chi connectivity index (χ0v) is 17.6. The third-order valence-corrected chi connectivity index (χ3v) is 4.37. The van der Waals surface area contributed by atoms with Crippen LogP contribution in [-0.4, -0.2) is 57.8 Å². The second kappa shape index (κ2) is 11.8. The Balaban J connectivity index is 3.46. The summed E-state index contributed by atoms with van der Waals surface area (Å²) in [4.78, 5) is 35.7. The summed E-state index contributed by atoms with van der Waals surface area (Å²) in [6.07, 6.45) is 0.887. The highest BCUT2D eigenvalue weighted by atomic mass is 79.9. The molecule has 0 unspecified atom stereocenters. The van der Waals surface area contributed by atoms with Gasteiger partial charge < -0.3 is 15.3 Å². The van der Waals surface area contributed by atoms with Gasteiger partial charge in [-0.1, -0.05) is 31.9 Å². The third kappa shape index (κ3) is 6.40. The van der Waals surface area contributed by atoms with Crippen molar-refractivity contribution in [2.24, 2.45) is 0 Å². The van der Waals surface area contributed by atoms with Gasteiger partial charge in [0.15, 0.2) is 5.56 Å². The monoisotopic (exact) mass is 510 g/mol. The molecule has 2 N–H and O–H groups in total. The molecule has 1 amide bonds. The van der Waals surface area contributed by atoms with Crippen LogP contribution in [0.1, 0.15) is 23.2 Å². The van der Waals surface area contributed by atoms with Crippen LogP contribution in [0.2, 0.25) is 0 Å². The van der Waals surface area contributed by atoms with Gasteiger partial charge in [0.25, 0.3) is 11.6 Å². The number of halogens is 2. The maximum absolute atomic E-state index is 12.5. The summed E-state index contributed by atoms with van der Waals surface area (Å²) < 4.78 is 0. The van der Waals surface area contributed by atoms with E-state index >= 15 is 0 Å². The molecule has 10 nitrogen and oxygen atoms in total. The quantitative estimate of drug-likeness (QED) is 0.190. The highest BCUT2D eigenvalue weighted by Crippen LogP contribution is 2.37. The van der Waals surface area contributed by atoms with Crippen LogP contribution in [0.25, 0.3) is 0 Å². The highest BCUT2D eigenvalue weighted by molar-refractivity contribution is 9.09. The van der Waals surface area contributed by atoms with Crippen molar-refractivity contribution in [3.05, 3.63) is 37.9 Å². The maximum atomic E-state index is 12.5. The molecule has 1 aromatic rings. The molecule has 1 aromatic carbocycles. The number of nitro benzene ring substituents is 2. The summed E-state index contributed by atoms with van der Waals surface area (Å²) in [6.45, 7) is 0.924. The minimum atomic E-state index is -0.883. The first-order valence-corrected chi connectivity index (χ1v) is 10.3. The van der Waals surface area contributed by atoms with E-state index in [0.717, 1.165) is 6.07 Å². The predicted octanol–water partition coefficient (Wildman–Crippen LogP) is 2.60. The smallest absolute Gasteiger partial charge is 0.312 e. The van der Waals surface area contributed by atoms with Gasteiger partial charge in [0.1, 0.15) is 5.69 Å². The van der Waals surface area contributed by atoms with Gasteiger partial charge in [-0.3, -0.25) is 25.0 Å². The van der Waals surface area contributed by atoms with Gasteiger partial charge in [-0.15, -0.1) is 0 Å². The number of benzene rings is 1. The number of nitrogens with zero attached hydrogens (tertiary/aromatic N) is 3. The number of hydrogen-bond acceptors (Lipinski definition) is 7. The Morgan fingerprint density at radius 1 is 1.11 bits per heavy atom. The molecule has 150 valence electrons. The first kappa shape index (κ1) is 23.2. The number of unbranched alkanes of at least 4 members (excludes halogenated alkanes) is 1. The van der Waals surface area contributed by atoms with Gasteiger partial charge >= 0.3 is 5.69 Å². The van der Waals surface area contributed by atoms with Crippen molar-refractivity contribution in [2.45, 2.75) is 12.8 Å². The molecular weight excluding hydrogens is 492 g/mol. The van der Waals surface area contributed by atoms with Crippen LogP contribution in [0.3, 0.4) is 0 Å². The molecule has 0 atom stereocenters. The molecule has 0 aromatic heterocycles. The van der Waals surface area contributed by atoms with Crippen molar-refractivity contribution in [3.63, 3.8) is 0 Å². The SMILES string of the molecule is O=C(NCCCCO)c1c([N+](=O)[O-])ccc(N(CCBr)CCBr)c1[N+](=O)[O-]. The number of nitrogens with one attached hydrogen (secondary N) is 1. The second-order valence-corrected chi connectivity index (χ2v) is 6.98. The Labute approximate surface area is 172 Å². The zero-order chi connectivity index (χ0) is 20.4. The number of aliphatic hydroxyl groups is 1. The Morgan fingerprint density at radius 2 is 1.74 bits per heavy atom. The highest BCUT2D eigenvalue weighted by Gasteiger charge is 2.35. The van der Waals surface area contributed by atoms with Crippen LogP contribution in [0.15, 0.2) is 12.1 Å². The molecule has 0 aliphatic heterocycles. The second-order valence-electron chi connectivity index (χ2n) is 5.39. The van der Waals surface area contributed by atoms with E-state index in [1.165, 1.54) is 6.07 Å². The Hall–Kier alpha value is -1.79. The molecular formula is C15H20Br2N4O6. The van der Waals surface area contributed by atoms with Crippen LogP contribution < -0.4 is 10.2 Å². The fourth-order valence-corrected chi connectivity index (χ4v) is 3.33. The van der Waals surface area contributed by atoms with Gasteiger partial charge in [-0.2, -0.15) is 0 Å². The lowest BCUT2D eigenvalue weighted by Gasteiger charge is -2.23. The summed E-state index contributed by atoms with van der Waals surface area (Å²) in [6, 6.07) is 2.41. The molecule has 1 rings (SSSR count). The van der Waals surface area contributed by atoms with Gasteiger partial charge in [0.05, 0.1) is 9.85 Å². The Bertz CT molecular complexity index is 683.